The number of aliphatic carboxylic acids is 1. The number of aryl methyl sites for hydroxylation is 1. The summed E-state index contributed by atoms with van der Waals surface area (Å²) in [5, 5.41) is 20.8. The molecule has 0 saturated heterocycles. The molecule has 1 aromatic carbocycles. The van der Waals surface area contributed by atoms with Crippen molar-refractivity contribution in [3.63, 3.8) is 0 Å². The Hall–Kier alpha value is -3.16. The van der Waals surface area contributed by atoms with Crippen molar-refractivity contribution in [1.82, 2.24) is 9.97 Å². The minimum absolute atomic E-state index is 0.133. The second kappa shape index (κ2) is 8.20. The van der Waals surface area contributed by atoms with E-state index in [4.69, 9.17) is 9.90 Å². The zero-order chi connectivity index (χ0) is 16.5. The summed E-state index contributed by atoms with van der Waals surface area (Å²) in [4.78, 5) is 26.7. The molecule has 4 N–H and O–H groups in total. The highest BCUT2D eigenvalue weighted by Crippen LogP contribution is 2.12. The molecule has 0 radical (unpaired) electrons. The maximum atomic E-state index is 11.2. The highest BCUT2D eigenvalue weighted by atomic mass is 16.4. The molecule has 0 aliphatic carbocycles. The zero-order valence-corrected chi connectivity index (χ0v) is 12.1. The smallest absolute Gasteiger partial charge is 0.300 e. The summed E-state index contributed by atoms with van der Waals surface area (Å²) in [5.74, 6) is -0.444. The molecule has 2 rings (SSSR count). The van der Waals surface area contributed by atoms with Gasteiger partial charge in [-0.3, -0.25) is 14.6 Å². The number of aromatic amines is 1. The van der Waals surface area contributed by atoms with Gasteiger partial charge in [-0.25, -0.2) is 10.4 Å². The lowest BCUT2D eigenvalue weighted by Crippen LogP contribution is -2.10. The van der Waals surface area contributed by atoms with Gasteiger partial charge in [-0.05, 0) is 19.1 Å². The molecule has 0 fully saturated rings. The fourth-order valence-corrected chi connectivity index (χ4v) is 1.39. The number of benzene rings is 1. The van der Waals surface area contributed by atoms with Crippen LogP contribution in [0, 0.1) is 6.92 Å². The van der Waals surface area contributed by atoms with Crippen LogP contribution in [0.1, 0.15) is 18.2 Å². The molecule has 0 amide bonds. The molecule has 0 bridgehead atoms. The average Bonchev–Trinajstić information content (AvgIpc) is 2.39. The molecule has 2 aromatic rings. The van der Waals surface area contributed by atoms with Gasteiger partial charge in [-0.1, -0.05) is 12.1 Å². The number of aromatic hydroxyl groups is 1. The normalized spacial score (nSPS) is 9.91. The third-order valence-electron chi connectivity index (χ3n) is 2.18. The topological polar surface area (TPSA) is 128 Å². The van der Waals surface area contributed by atoms with Gasteiger partial charge in [0.25, 0.3) is 11.5 Å². The molecule has 1 aromatic heterocycles. The number of carbonyl (C=O) groups is 1. The van der Waals surface area contributed by atoms with Gasteiger partial charge in [0.15, 0.2) is 0 Å². The van der Waals surface area contributed by atoms with Crippen LogP contribution in [-0.4, -0.2) is 32.4 Å². The average molecular weight is 304 g/mol. The van der Waals surface area contributed by atoms with Gasteiger partial charge in [-0.2, -0.15) is 5.10 Å². The number of hydrogen-bond donors (Lipinski definition) is 4. The van der Waals surface area contributed by atoms with Crippen molar-refractivity contribution in [2.24, 2.45) is 5.10 Å². The van der Waals surface area contributed by atoms with E-state index in [2.05, 4.69) is 20.5 Å². The van der Waals surface area contributed by atoms with E-state index >= 15 is 0 Å². The molecule has 0 unspecified atom stereocenters. The Morgan fingerprint density at radius 3 is 2.64 bits per heavy atom. The number of phenols is 1. The van der Waals surface area contributed by atoms with E-state index in [1.54, 1.807) is 31.2 Å². The van der Waals surface area contributed by atoms with Gasteiger partial charge < -0.3 is 10.2 Å². The fourth-order valence-electron chi connectivity index (χ4n) is 1.39. The van der Waals surface area contributed by atoms with Crippen LogP contribution in [0.25, 0.3) is 0 Å². The van der Waals surface area contributed by atoms with E-state index in [1.165, 1.54) is 12.3 Å². The number of rotatable bonds is 3. The van der Waals surface area contributed by atoms with Crippen LogP contribution in [0.5, 0.6) is 5.75 Å². The molecule has 22 heavy (non-hydrogen) atoms. The number of phenolic OH excluding ortho intramolecular Hbond substituents is 1. The molecule has 0 spiro atoms. The van der Waals surface area contributed by atoms with Gasteiger partial charge in [0.05, 0.1) is 6.21 Å². The molecule has 0 atom stereocenters. The van der Waals surface area contributed by atoms with Crippen molar-refractivity contribution in [2.75, 3.05) is 5.43 Å². The Balaban J connectivity index is 0.000000541. The van der Waals surface area contributed by atoms with Crippen molar-refractivity contribution in [3.8, 4) is 5.75 Å². The lowest BCUT2D eigenvalue weighted by atomic mass is 10.2. The van der Waals surface area contributed by atoms with E-state index in [-0.39, 0.29) is 17.3 Å². The maximum absolute atomic E-state index is 11.2. The van der Waals surface area contributed by atoms with Crippen LogP contribution in [0.2, 0.25) is 0 Å². The van der Waals surface area contributed by atoms with Crippen LogP contribution < -0.4 is 11.0 Å². The number of hydrazone groups is 1. The largest absolute Gasteiger partial charge is 0.507 e. The first-order valence-corrected chi connectivity index (χ1v) is 6.23. The number of anilines is 1. The zero-order valence-electron chi connectivity index (χ0n) is 12.1. The minimum Gasteiger partial charge on any atom is -0.507 e. The highest BCUT2D eigenvalue weighted by Gasteiger charge is 1.97. The number of carboxylic acids is 1. The molecular weight excluding hydrogens is 288 g/mol. The molecule has 1 heterocycles. The predicted molar refractivity (Wildman–Crippen MR) is 82.2 cm³/mol. The lowest BCUT2D eigenvalue weighted by Gasteiger charge is -2.00. The molecule has 8 nitrogen and oxygen atoms in total. The fraction of sp³-hybridized carbons (Fsp3) is 0.143. The first-order valence-electron chi connectivity index (χ1n) is 6.23. The summed E-state index contributed by atoms with van der Waals surface area (Å²) in [6.07, 6.45) is 1.44. The lowest BCUT2D eigenvalue weighted by molar-refractivity contribution is -0.134. The van der Waals surface area contributed by atoms with Crippen LogP contribution >= 0.6 is 0 Å². The van der Waals surface area contributed by atoms with Crippen LogP contribution in [-0.2, 0) is 4.79 Å². The number of carboxylic acid groups (broad SMARTS) is 1. The first-order chi connectivity index (χ1) is 10.4. The SMILES string of the molecule is CC(=O)O.Cc1cc(=O)[nH]c(NN=Cc2ccccc2O)n1. The van der Waals surface area contributed by atoms with Gasteiger partial charge in [0.1, 0.15) is 5.75 Å². The predicted octanol–water partition coefficient (Wildman–Crippen LogP) is 1.32. The number of aromatic nitrogens is 2. The summed E-state index contributed by atoms with van der Waals surface area (Å²) in [7, 11) is 0. The van der Waals surface area contributed by atoms with E-state index in [0.29, 0.717) is 11.3 Å². The van der Waals surface area contributed by atoms with E-state index < -0.39 is 5.97 Å². The van der Waals surface area contributed by atoms with Crippen LogP contribution in [0.3, 0.4) is 0 Å². The quantitative estimate of drug-likeness (QED) is 0.500. The molecule has 0 aliphatic rings. The van der Waals surface area contributed by atoms with Gasteiger partial charge in [0, 0.05) is 24.2 Å². The monoisotopic (exact) mass is 304 g/mol. The van der Waals surface area contributed by atoms with E-state index in [1.807, 2.05) is 0 Å². The number of hydrogen-bond acceptors (Lipinski definition) is 6. The minimum atomic E-state index is -0.833. The van der Waals surface area contributed by atoms with Crippen LogP contribution in [0.15, 0.2) is 40.2 Å². The number of H-pyrrole nitrogens is 1. The van der Waals surface area contributed by atoms with Crippen molar-refractivity contribution in [3.05, 3.63) is 51.9 Å². The van der Waals surface area contributed by atoms with E-state index in [0.717, 1.165) is 6.92 Å². The molecule has 116 valence electrons. The first kappa shape index (κ1) is 16.9. The third-order valence-corrected chi connectivity index (χ3v) is 2.18. The van der Waals surface area contributed by atoms with Crippen molar-refractivity contribution in [2.45, 2.75) is 13.8 Å². The van der Waals surface area contributed by atoms with E-state index in [9.17, 15) is 9.90 Å². The Morgan fingerprint density at radius 2 is 2.05 bits per heavy atom. The molecule has 0 aliphatic heterocycles. The Labute approximate surface area is 126 Å². The van der Waals surface area contributed by atoms with Gasteiger partial charge in [-0.15, -0.1) is 0 Å². The Morgan fingerprint density at radius 1 is 1.41 bits per heavy atom. The summed E-state index contributed by atoms with van der Waals surface area (Å²) >= 11 is 0. The Kier molecular flexibility index (Phi) is 6.30. The van der Waals surface area contributed by atoms with Crippen LogP contribution in [0.4, 0.5) is 5.95 Å². The second-order valence-corrected chi connectivity index (χ2v) is 4.18. The third kappa shape index (κ3) is 6.33. The second-order valence-electron chi connectivity index (χ2n) is 4.18. The molecule has 0 saturated carbocycles. The molecule has 8 heteroatoms. The van der Waals surface area contributed by atoms with Crippen molar-refractivity contribution >= 4 is 18.1 Å². The summed E-state index contributed by atoms with van der Waals surface area (Å²) in [6.45, 7) is 2.80. The summed E-state index contributed by atoms with van der Waals surface area (Å²) in [5.41, 5.74) is 3.51. The summed E-state index contributed by atoms with van der Waals surface area (Å²) in [6, 6.07) is 8.17. The van der Waals surface area contributed by atoms with Gasteiger partial charge >= 0.3 is 0 Å². The maximum Gasteiger partial charge on any atom is 0.300 e. The van der Waals surface area contributed by atoms with Crippen molar-refractivity contribution < 1.29 is 15.0 Å². The number of nitrogens with zero attached hydrogens (tertiary/aromatic N) is 2. The number of nitrogens with one attached hydrogen (secondary N) is 2. The van der Waals surface area contributed by atoms with Gasteiger partial charge in [0.2, 0.25) is 5.95 Å². The molecular formula is C14H16N4O4. The Bertz CT molecular complexity index is 721. The highest BCUT2D eigenvalue weighted by molar-refractivity contribution is 5.83. The van der Waals surface area contributed by atoms with Crippen molar-refractivity contribution in [1.29, 1.82) is 0 Å². The number of para-hydroxylation sites is 1. The summed E-state index contributed by atoms with van der Waals surface area (Å²) < 4.78 is 0. The standard InChI is InChI=1S/C12H12N4O2.C2H4O2/c1-8-6-11(18)15-12(14-8)16-13-7-9-4-2-3-5-10(9)17;1-2(3)4/h2-7,17H,1H3,(H2,14,15,16,18);1H3,(H,3,4).